The standard InChI is InChI=1S/C15H16N2OS/c1-9-5-10(2)11(3)13(6-9)18-8-15-17-12(4)14(7-16)19-15/h5-6H,8H2,1-4H3. The van der Waals surface area contributed by atoms with E-state index >= 15 is 0 Å². The monoisotopic (exact) mass is 272 g/mol. The van der Waals surface area contributed by atoms with E-state index in [-0.39, 0.29) is 0 Å². The number of hydrogen-bond donors (Lipinski definition) is 0. The minimum atomic E-state index is 0.414. The lowest BCUT2D eigenvalue weighted by molar-refractivity contribution is 0.303. The van der Waals surface area contributed by atoms with E-state index in [1.807, 2.05) is 13.0 Å². The van der Waals surface area contributed by atoms with Crippen LogP contribution in [0.2, 0.25) is 0 Å². The molecular weight excluding hydrogens is 256 g/mol. The summed E-state index contributed by atoms with van der Waals surface area (Å²) in [5.41, 5.74) is 4.34. The van der Waals surface area contributed by atoms with Gasteiger partial charge < -0.3 is 4.74 Å². The molecule has 0 aliphatic heterocycles. The van der Waals surface area contributed by atoms with Crippen molar-refractivity contribution in [1.29, 1.82) is 5.26 Å². The summed E-state index contributed by atoms with van der Waals surface area (Å²) >= 11 is 1.40. The van der Waals surface area contributed by atoms with E-state index in [2.05, 4.69) is 37.9 Å². The van der Waals surface area contributed by atoms with Gasteiger partial charge in [-0.3, -0.25) is 0 Å². The predicted octanol–water partition coefficient (Wildman–Crippen LogP) is 3.83. The second kappa shape index (κ2) is 5.41. The number of aryl methyl sites for hydroxylation is 3. The maximum Gasteiger partial charge on any atom is 0.140 e. The Bertz CT molecular complexity index is 653. The number of aromatic nitrogens is 1. The van der Waals surface area contributed by atoms with E-state index in [0.29, 0.717) is 11.5 Å². The number of nitrogens with zero attached hydrogens (tertiary/aromatic N) is 2. The second-order valence-electron chi connectivity index (χ2n) is 4.63. The van der Waals surface area contributed by atoms with Gasteiger partial charge in [-0.2, -0.15) is 5.26 Å². The summed E-state index contributed by atoms with van der Waals surface area (Å²) in [6.07, 6.45) is 0. The van der Waals surface area contributed by atoms with Gasteiger partial charge in [-0.25, -0.2) is 4.98 Å². The van der Waals surface area contributed by atoms with Crippen LogP contribution in [0.1, 0.15) is 32.3 Å². The molecule has 0 atom stereocenters. The molecule has 0 fully saturated rings. The van der Waals surface area contributed by atoms with Crippen LogP contribution in [0.3, 0.4) is 0 Å². The maximum absolute atomic E-state index is 8.91. The Labute approximate surface area is 117 Å². The summed E-state index contributed by atoms with van der Waals surface area (Å²) in [7, 11) is 0. The SMILES string of the molecule is Cc1cc(C)c(C)c(OCc2nc(C)c(C#N)s2)c1. The van der Waals surface area contributed by atoms with Crippen molar-refractivity contribution < 1.29 is 4.74 Å². The van der Waals surface area contributed by atoms with E-state index in [9.17, 15) is 0 Å². The van der Waals surface area contributed by atoms with Crippen LogP contribution >= 0.6 is 11.3 Å². The average Bonchev–Trinajstić information content (AvgIpc) is 2.72. The Morgan fingerprint density at radius 2 is 2.00 bits per heavy atom. The van der Waals surface area contributed by atoms with Crippen LogP contribution < -0.4 is 4.74 Å². The maximum atomic E-state index is 8.91. The zero-order valence-electron chi connectivity index (χ0n) is 11.6. The highest BCUT2D eigenvalue weighted by Crippen LogP contribution is 2.25. The quantitative estimate of drug-likeness (QED) is 0.853. The van der Waals surface area contributed by atoms with Crippen molar-refractivity contribution in [3.63, 3.8) is 0 Å². The Hall–Kier alpha value is -1.86. The number of ether oxygens (including phenoxy) is 1. The Balaban J connectivity index is 2.17. The minimum Gasteiger partial charge on any atom is -0.486 e. The summed E-state index contributed by atoms with van der Waals surface area (Å²) < 4.78 is 5.84. The molecule has 3 nitrogen and oxygen atoms in total. The first-order valence-electron chi connectivity index (χ1n) is 6.08. The molecule has 0 aliphatic rings. The van der Waals surface area contributed by atoms with Crippen molar-refractivity contribution in [2.75, 3.05) is 0 Å². The molecule has 0 spiro atoms. The molecule has 0 N–H and O–H groups in total. The molecule has 98 valence electrons. The highest BCUT2D eigenvalue weighted by Gasteiger charge is 2.09. The third-order valence-electron chi connectivity index (χ3n) is 3.06. The number of nitriles is 1. The fraction of sp³-hybridized carbons (Fsp3) is 0.333. The van der Waals surface area contributed by atoms with Crippen LogP contribution in [0.25, 0.3) is 0 Å². The smallest absolute Gasteiger partial charge is 0.140 e. The summed E-state index contributed by atoms with van der Waals surface area (Å²) in [4.78, 5) is 5.00. The fourth-order valence-electron chi connectivity index (χ4n) is 1.91. The first-order chi connectivity index (χ1) is 9.01. The molecule has 0 amide bonds. The van der Waals surface area contributed by atoms with Crippen molar-refractivity contribution in [3.05, 3.63) is 44.4 Å². The highest BCUT2D eigenvalue weighted by molar-refractivity contribution is 7.12. The lowest BCUT2D eigenvalue weighted by Crippen LogP contribution is -1.98. The second-order valence-corrected chi connectivity index (χ2v) is 5.71. The number of thiazole rings is 1. The Morgan fingerprint density at radius 1 is 1.26 bits per heavy atom. The first-order valence-corrected chi connectivity index (χ1v) is 6.90. The summed E-state index contributed by atoms with van der Waals surface area (Å²) in [6.45, 7) is 8.45. The van der Waals surface area contributed by atoms with Crippen molar-refractivity contribution in [3.8, 4) is 11.8 Å². The molecule has 2 aromatic rings. The molecule has 0 unspecified atom stereocenters. The fourth-order valence-corrected chi connectivity index (χ4v) is 2.68. The number of benzene rings is 1. The molecule has 1 aromatic heterocycles. The van der Waals surface area contributed by atoms with Gasteiger partial charge in [-0.15, -0.1) is 11.3 Å². The van der Waals surface area contributed by atoms with Gasteiger partial charge >= 0.3 is 0 Å². The largest absolute Gasteiger partial charge is 0.486 e. The molecule has 4 heteroatoms. The molecule has 0 bridgehead atoms. The summed E-state index contributed by atoms with van der Waals surface area (Å²) in [5.74, 6) is 0.892. The van der Waals surface area contributed by atoms with E-state index in [1.54, 1.807) is 0 Å². The van der Waals surface area contributed by atoms with Crippen molar-refractivity contribution in [2.45, 2.75) is 34.3 Å². The minimum absolute atomic E-state index is 0.414. The summed E-state index contributed by atoms with van der Waals surface area (Å²) in [6, 6.07) is 6.32. The zero-order valence-corrected chi connectivity index (χ0v) is 12.4. The zero-order chi connectivity index (χ0) is 14.0. The predicted molar refractivity (Wildman–Crippen MR) is 76.6 cm³/mol. The lowest BCUT2D eigenvalue weighted by atomic mass is 10.1. The van der Waals surface area contributed by atoms with E-state index < -0.39 is 0 Å². The van der Waals surface area contributed by atoms with Gasteiger partial charge in [0.25, 0.3) is 0 Å². The topological polar surface area (TPSA) is 45.9 Å². The third-order valence-corrected chi connectivity index (χ3v) is 4.09. The molecular formula is C15H16N2OS. The summed E-state index contributed by atoms with van der Waals surface area (Å²) in [5, 5.41) is 9.75. The normalized spacial score (nSPS) is 10.3. The first kappa shape index (κ1) is 13.6. The molecule has 1 heterocycles. The van der Waals surface area contributed by atoms with Crippen molar-refractivity contribution in [2.24, 2.45) is 0 Å². The van der Waals surface area contributed by atoms with Gasteiger partial charge in [-0.05, 0) is 50.5 Å². The van der Waals surface area contributed by atoms with Gasteiger partial charge in [0.05, 0.1) is 5.69 Å². The van der Waals surface area contributed by atoms with Crippen molar-refractivity contribution >= 4 is 11.3 Å². The molecule has 19 heavy (non-hydrogen) atoms. The molecule has 1 aromatic carbocycles. The third kappa shape index (κ3) is 2.94. The number of rotatable bonds is 3. The van der Waals surface area contributed by atoms with E-state index in [4.69, 9.17) is 10.00 Å². The van der Waals surface area contributed by atoms with Crippen LogP contribution in [0.4, 0.5) is 0 Å². The molecule has 2 rings (SSSR count). The van der Waals surface area contributed by atoms with E-state index in [0.717, 1.165) is 22.0 Å². The van der Waals surface area contributed by atoms with Crippen LogP contribution in [0.5, 0.6) is 5.75 Å². The average molecular weight is 272 g/mol. The molecule has 0 saturated carbocycles. The number of hydrogen-bond acceptors (Lipinski definition) is 4. The van der Waals surface area contributed by atoms with Crippen LogP contribution in [-0.2, 0) is 6.61 Å². The van der Waals surface area contributed by atoms with E-state index in [1.165, 1.54) is 22.5 Å². The van der Waals surface area contributed by atoms with Gasteiger partial charge in [-0.1, -0.05) is 6.07 Å². The van der Waals surface area contributed by atoms with Gasteiger partial charge in [0.1, 0.15) is 28.3 Å². The lowest BCUT2D eigenvalue weighted by Gasteiger charge is -2.11. The van der Waals surface area contributed by atoms with Crippen LogP contribution in [0.15, 0.2) is 12.1 Å². The molecule has 0 saturated heterocycles. The van der Waals surface area contributed by atoms with Gasteiger partial charge in [0.15, 0.2) is 0 Å². The molecule has 0 aliphatic carbocycles. The Morgan fingerprint density at radius 3 is 2.63 bits per heavy atom. The highest BCUT2D eigenvalue weighted by atomic mass is 32.1. The van der Waals surface area contributed by atoms with Crippen LogP contribution in [-0.4, -0.2) is 4.98 Å². The molecule has 0 radical (unpaired) electrons. The van der Waals surface area contributed by atoms with Gasteiger partial charge in [0.2, 0.25) is 0 Å². The van der Waals surface area contributed by atoms with Gasteiger partial charge in [0, 0.05) is 0 Å². The van der Waals surface area contributed by atoms with Crippen LogP contribution in [0, 0.1) is 39.0 Å². The van der Waals surface area contributed by atoms with Crippen molar-refractivity contribution in [1.82, 2.24) is 4.98 Å². The Kier molecular flexibility index (Phi) is 3.87.